The van der Waals surface area contributed by atoms with Gasteiger partial charge >= 0.3 is 0 Å². The Labute approximate surface area is 108 Å². The molecule has 0 bridgehead atoms. The van der Waals surface area contributed by atoms with Crippen LogP contribution < -0.4 is 0 Å². The highest BCUT2D eigenvalue weighted by atomic mass is 19.1. The van der Waals surface area contributed by atoms with E-state index in [1.807, 2.05) is 31.2 Å². The van der Waals surface area contributed by atoms with Gasteiger partial charge in [0.05, 0.1) is 12.6 Å². The first kappa shape index (κ1) is 14.3. The first-order chi connectivity index (χ1) is 8.83. The second kappa shape index (κ2) is 8.34. The predicted molar refractivity (Wildman–Crippen MR) is 73.8 cm³/mol. The number of hydrogen-bond donors (Lipinski definition) is 1. The van der Waals surface area contributed by atoms with Crippen molar-refractivity contribution < 1.29 is 9.50 Å². The molecule has 1 atom stereocenters. The van der Waals surface area contributed by atoms with E-state index in [4.69, 9.17) is 5.11 Å². The molecule has 1 N–H and O–H groups in total. The minimum atomic E-state index is 0.462. The number of rotatable bonds is 6. The summed E-state index contributed by atoms with van der Waals surface area (Å²) >= 11 is 0. The van der Waals surface area contributed by atoms with Crippen molar-refractivity contribution in [3.8, 4) is 0 Å². The van der Waals surface area contributed by atoms with Gasteiger partial charge in [-0.25, -0.2) is 4.39 Å². The molecule has 1 aliphatic rings. The summed E-state index contributed by atoms with van der Waals surface area (Å²) < 4.78 is 12.1. The lowest BCUT2D eigenvalue weighted by Crippen LogP contribution is -2.46. The Hall–Kier alpha value is -1.77. The lowest BCUT2D eigenvalue weighted by atomic mass is 9.98. The Balaban J connectivity index is 2.59. The maximum atomic E-state index is 12.1. The molecule has 3 heteroatoms. The summed E-state index contributed by atoms with van der Waals surface area (Å²) in [5, 5.41) is 8.51. The van der Waals surface area contributed by atoms with E-state index in [0.717, 1.165) is 31.3 Å². The molecule has 0 radical (unpaired) electrons. The van der Waals surface area contributed by atoms with Gasteiger partial charge in [-0.15, -0.1) is 0 Å². The summed E-state index contributed by atoms with van der Waals surface area (Å²) in [6, 6.07) is 0.462. The van der Waals surface area contributed by atoms with Gasteiger partial charge in [0, 0.05) is 18.3 Å². The van der Waals surface area contributed by atoms with E-state index in [1.54, 1.807) is 12.2 Å². The Morgan fingerprint density at radius 2 is 2.22 bits per heavy atom. The minimum Gasteiger partial charge on any atom is -0.516 e. The number of hydrogen-bond acceptors (Lipinski definition) is 2. The molecular formula is C15H20FNO. The third kappa shape index (κ3) is 4.24. The van der Waals surface area contributed by atoms with Crippen LogP contribution >= 0.6 is 0 Å². The van der Waals surface area contributed by atoms with Crippen LogP contribution in [0.4, 0.5) is 4.39 Å². The predicted octanol–water partition coefficient (Wildman–Crippen LogP) is 4.02. The van der Waals surface area contributed by atoms with Crippen molar-refractivity contribution in [2.75, 3.05) is 6.54 Å². The smallest absolute Gasteiger partial charge is 0.0867 e. The SMILES string of the molecule is C\C=C/C(=C\C=C\F)N1CCC1C/C=C\C=C\O. The van der Waals surface area contributed by atoms with Crippen molar-refractivity contribution in [3.05, 3.63) is 60.8 Å². The summed E-state index contributed by atoms with van der Waals surface area (Å²) in [6.45, 7) is 2.96. The van der Waals surface area contributed by atoms with Crippen LogP contribution in [0.1, 0.15) is 19.8 Å². The molecule has 98 valence electrons. The standard InChI is InChI=1S/C15H20FNO/c1-2-7-14(9-6-11-16)17-12-10-15(17)8-4-3-5-13-18/h2-7,9,11,13,15,18H,8,10,12H2,1H3/b4-3-,7-2-,11-6+,13-5+,14-9+. The molecule has 1 saturated heterocycles. The monoisotopic (exact) mass is 249 g/mol. The number of aliphatic hydroxyl groups excluding tert-OH is 1. The average molecular weight is 249 g/mol. The zero-order valence-electron chi connectivity index (χ0n) is 10.7. The topological polar surface area (TPSA) is 23.5 Å². The van der Waals surface area contributed by atoms with Crippen molar-refractivity contribution in [1.29, 1.82) is 0 Å². The van der Waals surface area contributed by atoms with Gasteiger partial charge in [-0.05, 0) is 44.1 Å². The highest BCUT2D eigenvalue weighted by Crippen LogP contribution is 2.26. The zero-order valence-corrected chi connectivity index (χ0v) is 10.7. The number of halogens is 1. The fourth-order valence-electron chi connectivity index (χ4n) is 1.94. The molecule has 0 aliphatic carbocycles. The molecule has 2 nitrogen and oxygen atoms in total. The third-order valence-corrected chi connectivity index (χ3v) is 2.89. The van der Waals surface area contributed by atoms with Gasteiger partial charge in [0.25, 0.3) is 0 Å². The fourth-order valence-corrected chi connectivity index (χ4v) is 1.94. The first-order valence-corrected chi connectivity index (χ1v) is 6.15. The van der Waals surface area contributed by atoms with Crippen molar-refractivity contribution in [3.63, 3.8) is 0 Å². The van der Waals surface area contributed by atoms with E-state index in [-0.39, 0.29) is 0 Å². The van der Waals surface area contributed by atoms with Gasteiger partial charge in [0.2, 0.25) is 0 Å². The third-order valence-electron chi connectivity index (χ3n) is 2.89. The molecule has 1 rings (SSSR count). The summed E-state index contributed by atoms with van der Waals surface area (Å²) in [5.41, 5.74) is 1.04. The quantitative estimate of drug-likeness (QED) is 0.567. The summed E-state index contributed by atoms with van der Waals surface area (Å²) in [5.74, 6) is 0. The van der Waals surface area contributed by atoms with Gasteiger partial charge in [0.15, 0.2) is 0 Å². The highest BCUT2D eigenvalue weighted by Gasteiger charge is 2.26. The second-order valence-electron chi connectivity index (χ2n) is 4.05. The number of allylic oxidation sites excluding steroid dienone is 6. The molecule has 1 fully saturated rings. The maximum absolute atomic E-state index is 12.1. The van der Waals surface area contributed by atoms with Crippen molar-refractivity contribution in [2.45, 2.75) is 25.8 Å². The van der Waals surface area contributed by atoms with Crippen LogP contribution in [0.2, 0.25) is 0 Å². The van der Waals surface area contributed by atoms with Gasteiger partial charge in [-0.2, -0.15) is 0 Å². The molecular weight excluding hydrogens is 229 g/mol. The average Bonchev–Trinajstić information content (AvgIpc) is 2.34. The van der Waals surface area contributed by atoms with E-state index in [1.165, 1.54) is 6.08 Å². The summed E-state index contributed by atoms with van der Waals surface area (Å²) in [4.78, 5) is 2.26. The Morgan fingerprint density at radius 3 is 2.78 bits per heavy atom. The molecule has 0 aromatic rings. The number of aliphatic hydroxyl groups is 1. The van der Waals surface area contributed by atoms with Gasteiger partial charge < -0.3 is 10.0 Å². The first-order valence-electron chi connectivity index (χ1n) is 6.15. The van der Waals surface area contributed by atoms with E-state index in [0.29, 0.717) is 12.4 Å². The van der Waals surface area contributed by atoms with Crippen LogP contribution in [0.15, 0.2) is 60.8 Å². The number of nitrogens with zero attached hydrogens (tertiary/aromatic N) is 1. The molecule has 1 aliphatic heterocycles. The van der Waals surface area contributed by atoms with Crippen molar-refractivity contribution in [2.24, 2.45) is 0 Å². The molecule has 0 aromatic heterocycles. The van der Waals surface area contributed by atoms with Crippen LogP contribution in [0, 0.1) is 0 Å². The van der Waals surface area contributed by atoms with Gasteiger partial charge in [-0.3, -0.25) is 0 Å². The zero-order chi connectivity index (χ0) is 13.2. The van der Waals surface area contributed by atoms with Crippen LogP contribution in [0.3, 0.4) is 0 Å². The second-order valence-corrected chi connectivity index (χ2v) is 4.05. The number of likely N-dealkylation sites (tertiary alicyclic amines) is 1. The molecule has 0 aromatic carbocycles. The van der Waals surface area contributed by atoms with Crippen LogP contribution in [0.5, 0.6) is 0 Å². The van der Waals surface area contributed by atoms with E-state index >= 15 is 0 Å². The lowest BCUT2D eigenvalue weighted by Gasteiger charge is -2.43. The molecule has 1 heterocycles. The van der Waals surface area contributed by atoms with Crippen molar-refractivity contribution >= 4 is 0 Å². The van der Waals surface area contributed by atoms with Crippen molar-refractivity contribution in [1.82, 2.24) is 4.90 Å². The van der Waals surface area contributed by atoms with Crippen LogP contribution in [-0.4, -0.2) is 22.6 Å². The maximum Gasteiger partial charge on any atom is 0.0867 e. The normalized spacial score (nSPS) is 21.8. The van der Waals surface area contributed by atoms with Crippen LogP contribution in [-0.2, 0) is 0 Å². The largest absolute Gasteiger partial charge is 0.516 e. The lowest BCUT2D eigenvalue weighted by molar-refractivity contribution is 0.144. The summed E-state index contributed by atoms with van der Waals surface area (Å²) in [6.07, 6.45) is 16.2. The Bertz CT molecular complexity index is 380. The minimum absolute atomic E-state index is 0.462. The Kier molecular flexibility index (Phi) is 6.62. The molecule has 0 saturated carbocycles. The molecule has 0 spiro atoms. The van der Waals surface area contributed by atoms with Crippen LogP contribution in [0.25, 0.3) is 0 Å². The highest BCUT2D eigenvalue weighted by molar-refractivity contribution is 5.25. The fraction of sp³-hybridized carbons (Fsp3) is 0.333. The Morgan fingerprint density at radius 1 is 1.39 bits per heavy atom. The van der Waals surface area contributed by atoms with Gasteiger partial charge in [-0.1, -0.05) is 18.2 Å². The molecule has 18 heavy (non-hydrogen) atoms. The van der Waals surface area contributed by atoms with E-state index in [9.17, 15) is 4.39 Å². The van der Waals surface area contributed by atoms with E-state index < -0.39 is 0 Å². The van der Waals surface area contributed by atoms with E-state index in [2.05, 4.69) is 4.90 Å². The van der Waals surface area contributed by atoms with Gasteiger partial charge in [0.1, 0.15) is 0 Å². The molecule has 0 amide bonds. The molecule has 1 unspecified atom stereocenters. The summed E-state index contributed by atoms with van der Waals surface area (Å²) in [7, 11) is 0.